The molecule has 0 aromatic heterocycles. The average molecular weight is 193 g/mol. The molecule has 4 nitrogen and oxygen atoms in total. The molecule has 14 heavy (non-hydrogen) atoms. The maximum Gasteiger partial charge on any atom is 0.311 e. The minimum Gasteiger partial charge on any atom is -0.504 e. The van der Waals surface area contributed by atoms with Crippen LogP contribution in [0.5, 0.6) is 11.5 Å². The lowest BCUT2D eigenvalue weighted by atomic mass is 10.2. The molecule has 1 rings (SSSR count). The van der Waals surface area contributed by atoms with Crippen molar-refractivity contribution in [2.75, 3.05) is 0 Å². The maximum atomic E-state index is 10.9. The molecule has 1 aromatic carbocycles. The highest BCUT2D eigenvalue weighted by molar-refractivity contribution is 5.84. The number of aldehydes is 1. The van der Waals surface area contributed by atoms with Crippen LogP contribution < -0.4 is 4.74 Å². The molecule has 0 aliphatic heterocycles. The molecule has 0 spiro atoms. The number of hydrogen-bond acceptors (Lipinski definition) is 4. The van der Waals surface area contributed by atoms with Crippen LogP contribution in [-0.4, -0.2) is 17.4 Å². The molecule has 73 valence electrons. The Kier molecular flexibility index (Phi) is 3.23. The van der Waals surface area contributed by atoms with E-state index in [1.807, 2.05) is 0 Å². The normalized spacial score (nSPS) is 9.50. The Morgan fingerprint density at radius 3 is 2.86 bits per heavy atom. The van der Waals surface area contributed by atoms with Gasteiger partial charge in [0.05, 0.1) is 5.56 Å². The minimum atomic E-state index is -0.602. The van der Waals surface area contributed by atoms with Crippen molar-refractivity contribution >= 4 is 12.3 Å². The van der Waals surface area contributed by atoms with Crippen molar-refractivity contribution in [1.29, 1.82) is 0 Å². The topological polar surface area (TPSA) is 63.6 Å². The summed E-state index contributed by atoms with van der Waals surface area (Å²) in [4.78, 5) is 21.4. The summed E-state index contributed by atoms with van der Waals surface area (Å²) < 4.78 is 4.73. The van der Waals surface area contributed by atoms with Crippen LogP contribution in [0.2, 0.25) is 0 Å². The third-order valence-electron chi connectivity index (χ3n) is 1.57. The summed E-state index contributed by atoms with van der Waals surface area (Å²) in [6.07, 6.45) is 0.443. The predicted molar refractivity (Wildman–Crippen MR) is 49.1 cm³/mol. The molecule has 0 aliphatic carbocycles. The summed E-state index contributed by atoms with van der Waals surface area (Å²) in [6, 6.07) is 4.26. The smallest absolute Gasteiger partial charge is 0.311 e. The molecule has 0 unspecified atom stereocenters. The number of rotatable bonds is 3. The summed E-state index contributed by atoms with van der Waals surface area (Å²) >= 11 is 0. The van der Waals surface area contributed by atoms with E-state index >= 15 is 0 Å². The zero-order valence-electron chi connectivity index (χ0n) is 7.40. The van der Waals surface area contributed by atoms with Crippen molar-refractivity contribution in [2.45, 2.75) is 6.42 Å². The van der Waals surface area contributed by atoms with Crippen LogP contribution >= 0.6 is 0 Å². The van der Waals surface area contributed by atoms with E-state index in [0.717, 1.165) is 0 Å². The first-order valence-corrected chi connectivity index (χ1v) is 3.96. The monoisotopic (exact) mass is 193 g/mol. The number of esters is 1. The van der Waals surface area contributed by atoms with Crippen LogP contribution in [0, 0.1) is 6.92 Å². The van der Waals surface area contributed by atoms with Crippen molar-refractivity contribution < 1.29 is 19.4 Å². The highest BCUT2D eigenvalue weighted by Crippen LogP contribution is 2.28. The fraction of sp³-hybridized carbons (Fsp3) is 0.100. The number of benzene rings is 1. The Morgan fingerprint density at radius 2 is 2.29 bits per heavy atom. The largest absolute Gasteiger partial charge is 0.504 e. The van der Waals surface area contributed by atoms with E-state index < -0.39 is 5.97 Å². The maximum absolute atomic E-state index is 10.9. The molecular formula is C10H9O4. The molecule has 0 bridgehead atoms. The predicted octanol–water partition coefficient (Wildman–Crippen LogP) is 1.33. The number of phenols is 1. The summed E-state index contributed by atoms with van der Waals surface area (Å²) in [5, 5.41) is 9.31. The van der Waals surface area contributed by atoms with Crippen LogP contribution in [-0.2, 0) is 4.79 Å². The number of carbonyl (C=O) groups is 2. The van der Waals surface area contributed by atoms with Gasteiger partial charge in [0.15, 0.2) is 17.8 Å². The van der Waals surface area contributed by atoms with Gasteiger partial charge in [0.1, 0.15) is 0 Å². The highest BCUT2D eigenvalue weighted by atomic mass is 16.5. The molecule has 0 atom stereocenters. The van der Waals surface area contributed by atoms with Gasteiger partial charge in [0, 0.05) is 6.42 Å². The van der Waals surface area contributed by atoms with Crippen LogP contribution in [0.25, 0.3) is 0 Å². The van der Waals surface area contributed by atoms with Gasteiger partial charge in [-0.25, -0.2) is 0 Å². The Morgan fingerprint density at radius 1 is 1.57 bits per heavy atom. The van der Waals surface area contributed by atoms with Crippen molar-refractivity contribution in [2.24, 2.45) is 0 Å². The second-order valence-corrected chi connectivity index (χ2v) is 2.54. The third kappa shape index (κ3) is 2.10. The van der Waals surface area contributed by atoms with Gasteiger partial charge in [-0.2, -0.15) is 0 Å². The standard InChI is InChI=1S/C10H9O4/c1-2-9(13)14-10-7(6-11)4-3-5-8(10)12/h3-6,12H,1-2H2. The molecule has 1 radical (unpaired) electrons. The first-order chi connectivity index (χ1) is 6.69. The van der Waals surface area contributed by atoms with Gasteiger partial charge in [0.2, 0.25) is 0 Å². The zero-order chi connectivity index (χ0) is 10.6. The zero-order valence-corrected chi connectivity index (χ0v) is 7.40. The van der Waals surface area contributed by atoms with E-state index in [2.05, 4.69) is 6.92 Å². The SMILES string of the molecule is [CH2]CC(=O)Oc1c(O)cccc1C=O. The van der Waals surface area contributed by atoms with E-state index in [0.29, 0.717) is 6.29 Å². The van der Waals surface area contributed by atoms with Crippen LogP contribution in [0.3, 0.4) is 0 Å². The minimum absolute atomic E-state index is 0.0629. The molecule has 0 saturated carbocycles. The molecule has 1 aromatic rings. The molecule has 0 amide bonds. The molecule has 4 heteroatoms. The molecule has 0 fully saturated rings. The Labute approximate surface area is 81.1 Å². The van der Waals surface area contributed by atoms with Crippen molar-refractivity contribution in [1.82, 2.24) is 0 Å². The highest BCUT2D eigenvalue weighted by Gasteiger charge is 2.11. The lowest BCUT2D eigenvalue weighted by molar-refractivity contribution is -0.133. The molecule has 0 aliphatic rings. The van der Waals surface area contributed by atoms with Crippen LogP contribution in [0.4, 0.5) is 0 Å². The fourth-order valence-corrected chi connectivity index (χ4v) is 0.911. The molecule has 0 saturated heterocycles. The lowest BCUT2D eigenvalue weighted by Gasteiger charge is -2.06. The average Bonchev–Trinajstić information content (AvgIpc) is 2.20. The summed E-state index contributed by atoms with van der Waals surface area (Å²) in [5.41, 5.74) is 0.131. The second kappa shape index (κ2) is 4.41. The van der Waals surface area contributed by atoms with Crippen molar-refractivity contribution in [3.63, 3.8) is 0 Å². The molecule has 0 heterocycles. The Balaban J connectivity index is 3.04. The second-order valence-electron chi connectivity index (χ2n) is 2.54. The van der Waals surface area contributed by atoms with Gasteiger partial charge in [-0.15, -0.1) is 0 Å². The van der Waals surface area contributed by atoms with Crippen LogP contribution in [0.1, 0.15) is 16.8 Å². The van der Waals surface area contributed by atoms with E-state index in [1.165, 1.54) is 18.2 Å². The summed E-state index contributed by atoms with van der Waals surface area (Å²) in [5.74, 6) is -0.956. The number of hydrogen-bond donors (Lipinski definition) is 1. The van der Waals surface area contributed by atoms with Gasteiger partial charge in [0.25, 0.3) is 0 Å². The molecular weight excluding hydrogens is 184 g/mol. The number of ether oxygens (including phenoxy) is 1. The van der Waals surface area contributed by atoms with Gasteiger partial charge in [-0.1, -0.05) is 6.07 Å². The number of carbonyl (C=O) groups excluding carboxylic acids is 2. The van der Waals surface area contributed by atoms with E-state index in [4.69, 9.17) is 4.74 Å². The van der Waals surface area contributed by atoms with Gasteiger partial charge < -0.3 is 9.84 Å². The van der Waals surface area contributed by atoms with E-state index in [1.54, 1.807) is 0 Å². The molecule has 1 N–H and O–H groups in total. The quantitative estimate of drug-likeness (QED) is 0.447. The van der Waals surface area contributed by atoms with Crippen LogP contribution in [0.15, 0.2) is 18.2 Å². The Hall–Kier alpha value is -1.84. The van der Waals surface area contributed by atoms with Gasteiger partial charge in [-0.3, -0.25) is 9.59 Å². The van der Waals surface area contributed by atoms with E-state index in [-0.39, 0.29) is 23.5 Å². The van der Waals surface area contributed by atoms with Crippen molar-refractivity contribution in [3.8, 4) is 11.5 Å². The van der Waals surface area contributed by atoms with Crippen molar-refractivity contribution in [3.05, 3.63) is 30.7 Å². The first-order valence-electron chi connectivity index (χ1n) is 3.96. The van der Waals surface area contributed by atoms with E-state index in [9.17, 15) is 14.7 Å². The fourth-order valence-electron chi connectivity index (χ4n) is 0.911. The lowest BCUT2D eigenvalue weighted by Crippen LogP contribution is -2.07. The number of para-hydroxylation sites is 1. The summed E-state index contributed by atoms with van der Waals surface area (Å²) in [7, 11) is 0. The third-order valence-corrected chi connectivity index (χ3v) is 1.57. The number of phenolic OH excluding ortho intramolecular Hbond substituents is 1. The summed E-state index contributed by atoms with van der Waals surface area (Å²) in [6.45, 7) is 3.32. The Bertz CT molecular complexity index is 357. The van der Waals surface area contributed by atoms with Gasteiger partial charge in [-0.05, 0) is 19.1 Å². The van der Waals surface area contributed by atoms with Gasteiger partial charge >= 0.3 is 5.97 Å². The number of aromatic hydroxyl groups is 1. The first kappa shape index (κ1) is 10.2.